The van der Waals surface area contributed by atoms with Gasteiger partial charge in [0.25, 0.3) is 0 Å². The van der Waals surface area contributed by atoms with Crippen molar-refractivity contribution < 1.29 is 30.8 Å². The van der Waals surface area contributed by atoms with Gasteiger partial charge in [-0.25, -0.2) is 12.8 Å². The third kappa shape index (κ3) is 2.59. The standard InChI is InChI=1S/C13H12F4N2O3S/c14-11-2-1-9(3-10(11)13(15,16)17)23(21,22)19-6-12(7-19)4-18(5-12)8-20/h1-3,8H,4-7H2. The van der Waals surface area contributed by atoms with Gasteiger partial charge in [-0.3, -0.25) is 4.79 Å². The molecule has 0 N–H and O–H groups in total. The molecular weight excluding hydrogens is 340 g/mol. The summed E-state index contributed by atoms with van der Waals surface area (Å²) in [6.07, 6.45) is -4.30. The van der Waals surface area contributed by atoms with Gasteiger partial charge in [-0.1, -0.05) is 0 Å². The zero-order valence-electron chi connectivity index (χ0n) is 11.7. The molecule has 2 saturated heterocycles. The minimum Gasteiger partial charge on any atom is -0.344 e. The predicted molar refractivity (Wildman–Crippen MR) is 70.2 cm³/mol. The lowest BCUT2D eigenvalue weighted by Gasteiger charge is -2.58. The Morgan fingerprint density at radius 2 is 1.74 bits per heavy atom. The molecule has 23 heavy (non-hydrogen) atoms. The van der Waals surface area contributed by atoms with Crippen LogP contribution in [0.3, 0.4) is 0 Å². The molecule has 3 rings (SSSR count). The van der Waals surface area contributed by atoms with Crippen molar-refractivity contribution in [1.29, 1.82) is 0 Å². The van der Waals surface area contributed by atoms with Gasteiger partial charge in [-0.2, -0.15) is 17.5 Å². The summed E-state index contributed by atoms with van der Waals surface area (Å²) in [6.45, 7) is 1.14. The van der Waals surface area contributed by atoms with E-state index in [1.54, 1.807) is 0 Å². The van der Waals surface area contributed by atoms with E-state index in [-0.39, 0.29) is 18.5 Å². The molecule has 2 aliphatic rings. The first kappa shape index (κ1) is 16.2. The lowest BCUT2D eigenvalue weighted by molar-refractivity contribution is -0.140. The number of carbonyl (C=O) groups is 1. The number of rotatable bonds is 3. The first-order valence-electron chi connectivity index (χ1n) is 6.64. The number of benzene rings is 1. The van der Waals surface area contributed by atoms with Gasteiger partial charge in [0, 0.05) is 31.6 Å². The maximum absolute atomic E-state index is 13.3. The van der Waals surface area contributed by atoms with Gasteiger partial charge in [0.05, 0.1) is 10.5 Å². The van der Waals surface area contributed by atoms with Crippen LogP contribution in [0, 0.1) is 11.2 Å². The van der Waals surface area contributed by atoms with E-state index in [1.165, 1.54) is 4.90 Å². The van der Waals surface area contributed by atoms with Crippen LogP contribution in [0.4, 0.5) is 17.6 Å². The summed E-state index contributed by atoms with van der Waals surface area (Å²) in [6, 6.07) is 1.64. The first-order chi connectivity index (χ1) is 10.6. The molecule has 126 valence electrons. The third-order valence-electron chi connectivity index (χ3n) is 4.13. The van der Waals surface area contributed by atoms with Crippen LogP contribution in [0.1, 0.15) is 5.56 Å². The predicted octanol–water partition coefficient (Wildman–Crippen LogP) is 1.31. The Hall–Kier alpha value is -1.68. The van der Waals surface area contributed by atoms with E-state index >= 15 is 0 Å². The average molecular weight is 352 g/mol. The van der Waals surface area contributed by atoms with E-state index in [9.17, 15) is 30.8 Å². The molecule has 10 heteroatoms. The summed E-state index contributed by atoms with van der Waals surface area (Å²) in [5.74, 6) is -1.52. The van der Waals surface area contributed by atoms with Crippen LogP contribution in [-0.2, 0) is 21.0 Å². The van der Waals surface area contributed by atoms with Crippen molar-refractivity contribution in [3.05, 3.63) is 29.6 Å². The molecule has 0 atom stereocenters. The highest BCUT2D eigenvalue weighted by atomic mass is 32.2. The molecule has 0 aliphatic carbocycles. The molecule has 0 bridgehead atoms. The Morgan fingerprint density at radius 3 is 2.26 bits per heavy atom. The van der Waals surface area contributed by atoms with Gasteiger partial charge in [0.1, 0.15) is 5.82 Å². The highest BCUT2D eigenvalue weighted by Gasteiger charge is 2.55. The summed E-state index contributed by atoms with van der Waals surface area (Å²) < 4.78 is 77.1. The topological polar surface area (TPSA) is 57.7 Å². The van der Waals surface area contributed by atoms with Crippen LogP contribution in [0.25, 0.3) is 0 Å². The van der Waals surface area contributed by atoms with E-state index < -0.39 is 32.5 Å². The Bertz CT molecular complexity index is 749. The molecule has 0 unspecified atom stereocenters. The number of alkyl halides is 3. The SMILES string of the molecule is O=CN1CC2(C1)CN(S(=O)(=O)c1ccc(F)c(C(F)(F)F)c1)C2. The van der Waals surface area contributed by atoms with Crippen molar-refractivity contribution in [1.82, 2.24) is 9.21 Å². The monoisotopic (exact) mass is 352 g/mol. The molecular formula is C13H12F4N2O3S. The van der Waals surface area contributed by atoms with Crippen molar-refractivity contribution >= 4 is 16.4 Å². The summed E-state index contributed by atoms with van der Waals surface area (Å²) in [5.41, 5.74) is -1.91. The van der Waals surface area contributed by atoms with Crippen LogP contribution < -0.4 is 0 Å². The molecule has 1 aromatic rings. The van der Waals surface area contributed by atoms with Crippen molar-refractivity contribution in [3.63, 3.8) is 0 Å². The molecule has 1 aromatic carbocycles. The van der Waals surface area contributed by atoms with Crippen molar-refractivity contribution in [2.75, 3.05) is 26.2 Å². The van der Waals surface area contributed by atoms with Crippen LogP contribution in [0.15, 0.2) is 23.1 Å². The number of nitrogens with zero attached hydrogens (tertiary/aromatic N) is 2. The van der Waals surface area contributed by atoms with Crippen molar-refractivity contribution in [2.45, 2.75) is 11.1 Å². The molecule has 1 spiro atoms. The molecule has 2 fully saturated rings. The number of sulfonamides is 1. The molecule has 1 amide bonds. The van der Waals surface area contributed by atoms with Crippen molar-refractivity contribution in [2.24, 2.45) is 5.41 Å². The molecule has 2 heterocycles. The fraction of sp³-hybridized carbons (Fsp3) is 0.462. The number of hydrogen-bond acceptors (Lipinski definition) is 3. The molecule has 0 saturated carbocycles. The number of halogens is 4. The fourth-order valence-corrected chi connectivity index (χ4v) is 4.69. The largest absolute Gasteiger partial charge is 0.419 e. The van der Waals surface area contributed by atoms with Gasteiger partial charge in [-0.05, 0) is 18.2 Å². The van der Waals surface area contributed by atoms with Crippen LogP contribution in [-0.4, -0.2) is 50.2 Å². The normalized spacial score (nSPS) is 21.0. The Morgan fingerprint density at radius 1 is 1.13 bits per heavy atom. The highest BCUT2D eigenvalue weighted by Crippen LogP contribution is 2.42. The summed E-state index contributed by atoms with van der Waals surface area (Å²) in [7, 11) is -4.11. The zero-order valence-corrected chi connectivity index (χ0v) is 12.5. The van der Waals surface area contributed by atoms with E-state index in [0.29, 0.717) is 31.6 Å². The maximum Gasteiger partial charge on any atom is 0.419 e. The van der Waals surface area contributed by atoms with Gasteiger partial charge in [-0.15, -0.1) is 0 Å². The van der Waals surface area contributed by atoms with E-state index in [0.717, 1.165) is 10.4 Å². The van der Waals surface area contributed by atoms with Crippen LogP contribution in [0.5, 0.6) is 0 Å². The summed E-state index contributed by atoms with van der Waals surface area (Å²) in [5, 5.41) is 0. The lowest BCUT2D eigenvalue weighted by atomic mass is 9.75. The summed E-state index contributed by atoms with van der Waals surface area (Å²) in [4.78, 5) is 11.4. The minimum absolute atomic E-state index is 0.137. The Labute approximate surface area is 129 Å². The van der Waals surface area contributed by atoms with Crippen molar-refractivity contribution in [3.8, 4) is 0 Å². The van der Waals surface area contributed by atoms with Gasteiger partial charge in [0.15, 0.2) is 0 Å². The minimum atomic E-state index is -4.97. The second-order valence-corrected chi connectivity index (χ2v) is 7.86. The second kappa shape index (κ2) is 4.91. The second-order valence-electron chi connectivity index (χ2n) is 5.92. The molecule has 2 aliphatic heterocycles. The van der Waals surface area contributed by atoms with E-state index in [2.05, 4.69) is 0 Å². The number of amides is 1. The van der Waals surface area contributed by atoms with Crippen LogP contribution in [0.2, 0.25) is 0 Å². The van der Waals surface area contributed by atoms with Gasteiger partial charge >= 0.3 is 6.18 Å². The highest BCUT2D eigenvalue weighted by molar-refractivity contribution is 7.89. The maximum atomic E-state index is 13.3. The van der Waals surface area contributed by atoms with Gasteiger partial charge < -0.3 is 4.90 Å². The first-order valence-corrected chi connectivity index (χ1v) is 8.08. The average Bonchev–Trinajstić information content (AvgIpc) is 2.34. The Kier molecular flexibility index (Phi) is 3.45. The van der Waals surface area contributed by atoms with E-state index in [4.69, 9.17) is 0 Å². The smallest absolute Gasteiger partial charge is 0.344 e. The van der Waals surface area contributed by atoms with Crippen LogP contribution >= 0.6 is 0 Å². The lowest BCUT2D eigenvalue weighted by Crippen LogP contribution is -2.72. The fourth-order valence-electron chi connectivity index (χ4n) is 2.99. The number of carbonyl (C=O) groups excluding carboxylic acids is 1. The van der Waals surface area contributed by atoms with Gasteiger partial charge in [0.2, 0.25) is 16.4 Å². The number of likely N-dealkylation sites (tertiary alicyclic amines) is 1. The third-order valence-corrected chi connectivity index (χ3v) is 5.92. The molecule has 0 radical (unpaired) electrons. The number of hydrogen-bond donors (Lipinski definition) is 0. The molecule has 5 nitrogen and oxygen atoms in total. The van der Waals surface area contributed by atoms with E-state index in [1.807, 2.05) is 0 Å². The Balaban J connectivity index is 1.81. The summed E-state index contributed by atoms with van der Waals surface area (Å²) >= 11 is 0. The zero-order chi connectivity index (χ0) is 17.0. The molecule has 0 aromatic heterocycles. The quantitative estimate of drug-likeness (QED) is 0.609.